The number of hydrogen-bond acceptors (Lipinski definition) is 5. The SMILES string of the molecule is CNc1cc(-n2cccc2)ccc1NSOC.O=Cc1cccc(Cl)c1. The van der Waals surface area contributed by atoms with Crippen LogP contribution in [0.4, 0.5) is 11.4 Å². The van der Waals surface area contributed by atoms with Crippen molar-refractivity contribution in [3.05, 3.63) is 77.6 Å². The van der Waals surface area contributed by atoms with Crippen LogP contribution in [0.5, 0.6) is 0 Å². The monoisotopic (exact) mass is 389 g/mol. The van der Waals surface area contributed by atoms with Crippen molar-refractivity contribution in [2.24, 2.45) is 0 Å². The van der Waals surface area contributed by atoms with Crippen LogP contribution in [0, 0.1) is 0 Å². The van der Waals surface area contributed by atoms with E-state index >= 15 is 0 Å². The molecule has 0 saturated heterocycles. The van der Waals surface area contributed by atoms with Crippen LogP contribution in [-0.2, 0) is 4.18 Å². The molecule has 0 fully saturated rings. The van der Waals surface area contributed by atoms with Gasteiger partial charge in [0.1, 0.15) is 18.5 Å². The van der Waals surface area contributed by atoms with Crippen LogP contribution in [0.1, 0.15) is 10.4 Å². The Morgan fingerprint density at radius 3 is 2.42 bits per heavy atom. The Kier molecular flexibility index (Phi) is 8.08. The molecule has 0 atom stereocenters. The maximum Gasteiger partial charge on any atom is 0.150 e. The van der Waals surface area contributed by atoms with Crippen LogP contribution in [-0.4, -0.2) is 25.0 Å². The molecule has 136 valence electrons. The van der Waals surface area contributed by atoms with Crippen molar-refractivity contribution in [1.82, 2.24) is 4.57 Å². The van der Waals surface area contributed by atoms with Crippen LogP contribution in [0.2, 0.25) is 5.02 Å². The second kappa shape index (κ2) is 10.6. The van der Waals surface area contributed by atoms with Crippen LogP contribution in [0.3, 0.4) is 0 Å². The Hall–Kier alpha value is -2.41. The highest BCUT2D eigenvalue weighted by atomic mass is 35.5. The molecule has 0 radical (unpaired) electrons. The van der Waals surface area contributed by atoms with Crippen LogP contribution >= 0.6 is 23.8 Å². The first kappa shape index (κ1) is 19.9. The summed E-state index contributed by atoms with van der Waals surface area (Å²) in [6.45, 7) is 0. The minimum Gasteiger partial charge on any atom is -0.386 e. The Labute approximate surface area is 162 Å². The molecular weight excluding hydrogens is 370 g/mol. The molecule has 0 bridgehead atoms. The number of anilines is 2. The quantitative estimate of drug-likeness (QED) is 0.340. The Morgan fingerprint density at radius 1 is 1.08 bits per heavy atom. The van der Waals surface area contributed by atoms with E-state index in [4.69, 9.17) is 15.8 Å². The highest BCUT2D eigenvalue weighted by Gasteiger charge is 2.03. The first-order valence-corrected chi connectivity index (χ1v) is 8.91. The third-order valence-electron chi connectivity index (χ3n) is 3.39. The molecule has 2 aromatic carbocycles. The topological polar surface area (TPSA) is 55.3 Å². The lowest BCUT2D eigenvalue weighted by molar-refractivity contribution is 0.112. The normalized spacial score (nSPS) is 9.81. The van der Waals surface area contributed by atoms with E-state index in [-0.39, 0.29) is 0 Å². The summed E-state index contributed by atoms with van der Waals surface area (Å²) in [7, 11) is 3.53. The summed E-state index contributed by atoms with van der Waals surface area (Å²) < 4.78 is 10.1. The molecule has 0 aliphatic carbocycles. The molecule has 0 amide bonds. The van der Waals surface area contributed by atoms with Crippen molar-refractivity contribution >= 4 is 41.5 Å². The lowest BCUT2D eigenvalue weighted by atomic mass is 10.2. The maximum absolute atomic E-state index is 10.1. The zero-order chi connectivity index (χ0) is 18.8. The molecule has 3 rings (SSSR count). The van der Waals surface area contributed by atoms with Crippen molar-refractivity contribution in [2.45, 2.75) is 0 Å². The van der Waals surface area contributed by atoms with E-state index < -0.39 is 0 Å². The Balaban J connectivity index is 0.000000228. The maximum atomic E-state index is 10.1. The Bertz CT molecular complexity index is 825. The molecule has 2 N–H and O–H groups in total. The number of benzene rings is 2. The number of hydrogen-bond donors (Lipinski definition) is 2. The van der Waals surface area contributed by atoms with Crippen molar-refractivity contribution < 1.29 is 8.98 Å². The number of nitrogens with one attached hydrogen (secondary N) is 2. The average molecular weight is 390 g/mol. The number of aromatic nitrogens is 1. The summed E-state index contributed by atoms with van der Waals surface area (Å²) >= 11 is 6.76. The van der Waals surface area contributed by atoms with Gasteiger partial charge in [0.25, 0.3) is 0 Å². The third-order valence-corrected chi connectivity index (χ3v) is 4.10. The zero-order valence-electron chi connectivity index (χ0n) is 14.5. The zero-order valence-corrected chi connectivity index (χ0v) is 16.1. The summed E-state index contributed by atoms with van der Waals surface area (Å²) in [5, 5.41) is 3.76. The van der Waals surface area contributed by atoms with Crippen molar-refractivity contribution in [2.75, 3.05) is 24.2 Å². The van der Waals surface area contributed by atoms with Crippen molar-refractivity contribution in [3.8, 4) is 5.69 Å². The molecule has 1 aromatic heterocycles. The number of carbonyl (C=O) groups is 1. The molecule has 5 nitrogen and oxygen atoms in total. The van der Waals surface area contributed by atoms with Gasteiger partial charge in [-0.3, -0.25) is 4.79 Å². The molecular formula is C19H20ClN3O2S. The van der Waals surface area contributed by atoms with Crippen LogP contribution < -0.4 is 10.0 Å². The van der Waals surface area contributed by atoms with E-state index in [2.05, 4.69) is 26.7 Å². The van der Waals surface area contributed by atoms with E-state index in [0.29, 0.717) is 10.6 Å². The number of halogens is 1. The van der Waals surface area contributed by atoms with E-state index in [0.717, 1.165) is 23.3 Å². The van der Waals surface area contributed by atoms with Gasteiger partial charge < -0.3 is 18.8 Å². The van der Waals surface area contributed by atoms with Gasteiger partial charge in [0, 0.05) is 35.7 Å². The summed E-state index contributed by atoms with van der Waals surface area (Å²) in [6.07, 6.45) is 4.81. The molecule has 0 saturated carbocycles. The van der Waals surface area contributed by atoms with Gasteiger partial charge in [-0.15, -0.1) is 0 Å². The van der Waals surface area contributed by atoms with Crippen molar-refractivity contribution in [3.63, 3.8) is 0 Å². The number of nitrogens with zero attached hydrogens (tertiary/aromatic N) is 1. The minimum absolute atomic E-state index is 0.597. The van der Waals surface area contributed by atoms with E-state index in [1.165, 1.54) is 12.2 Å². The standard InChI is InChI=1S/C12H15N3OS.C7H5ClO/c1-13-12-9-10(15-7-3-4-8-15)5-6-11(12)14-17-16-2;8-7-3-1-2-6(4-7)5-9/h3-9,13-14H,1-2H3;1-5H. The summed E-state index contributed by atoms with van der Waals surface area (Å²) in [5.74, 6) is 0. The minimum atomic E-state index is 0.597. The van der Waals surface area contributed by atoms with Gasteiger partial charge in [0.05, 0.1) is 18.5 Å². The third kappa shape index (κ3) is 5.84. The van der Waals surface area contributed by atoms with Gasteiger partial charge >= 0.3 is 0 Å². The predicted octanol–water partition coefficient (Wildman–Crippen LogP) is 5.29. The highest BCUT2D eigenvalue weighted by Crippen LogP contribution is 2.27. The molecule has 0 aliphatic heterocycles. The first-order chi connectivity index (χ1) is 12.7. The molecule has 0 spiro atoms. The molecule has 1 heterocycles. The van der Waals surface area contributed by atoms with Gasteiger partial charge in [-0.25, -0.2) is 0 Å². The van der Waals surface area contributed by atoms with Gasteiger partial charge in [0.2, 0.25) is 0 Å². The second-order valence-electron chi connectivity index (χ2n) is 5.10. The van der Waals surface area contributed by atoms with Gasteiger partial charge in [0.15, 0.2) is 0 Å². The number of rotatable bonds is 6. The van der Waals surface area contributed by atoms with Gasteiger partial charge in [-0.2, -0.15) is 0 Å². The first-order valence-electron chi connectivity index (χ1n) is 7.79. The van der Waals surface area contributed by atoms with Gasteiger partial charge in [-0.1, -0.05) is 23.7 Å². The lowest BCUT2D eigenvalue weighted by Gasteiger charge is -2.12. The fraction of sp³-hybridized carbons (Fsp3) is 0.105. The average Bonchev–Trinajstić information content (AvgIpc) is 3.21. The lowest BCUT2D eigenvalue weighted by Crippen LogP contribution is -1.98. The molecule has 0 aliphatic rings. The van der Waals surface area contributed by atoms with Gasteiger partial charge in [-0.05, 0) is 42.5 Å². The van der Waals surface area contributed by atoms with E-state index in [9.17, 15) is 4.79 Å². The van der Waals surface area contributed by atoms with E-state index in [1.54, 1.807) is 31.4 Å². The summed E-state index contributed by atoms with van der Waals surface area (Å²) in [6, 6.07) is 17.0. The second-order valence-corrected chi connectivity index (χ2v) is 6.24. The predicted molar refractivity (Wildman–Crippen MR) is 110 cm³/mol. The molecule has 3 aromatic rings. The summed E-state index contributed by atoms with van der Waals surface area (Å²) in [5.41, 5.74) is 3.76. The Morgan fingerprint density at radius 2 is 1.85 bits per heavy atom. The summed E-state index contributed by atoms with van der Waals surface area (Å²) in [4.78, 5) is 10.1. The number of carbonyl (C=O) groups excluding carboxylic acids is 1. The smallest absolute Gasteiger partial charge is 0.150 e. The van der Waals surface area contributed by atoms with E-state index in [1.807, 2.05) is 37.6 Å². The fourth-order valence-electron chi connectivity index (χ4n) is 2.16. The molecule has 0 unspecified atom stereocenters. The van der Waals surface area contributed by atoms with Crippen LogP contribution in [0.15, 0.2) is 67.0 Å². The van der Waals surface area contributed by atoms with Crippen LogP contribution in [0.25, 0.3) is 5.69 Å². The number of aldehydes is 1. The van der Waals surface area contributed by atoms with Crippen molar-refractivity contribution in [1.29, 1.82) is 0 Å². The highest BCUT2D eigenvalue weighted by molar-refractivity contribution is 7.96. The fourth-order valence-corrected chi connectivity index (χ4v) is 2.71. The largest absolute Gasteiger partial charge is 0.386 e. The molecule has 26 heavy (non-hydrogen) atoms. The molecule has 7 heteroatoms.